The molecule has 1 N–H and O–H groups in total. The molecule has 2 amide bonds. The van der Waals surface area contributed by atoms with Crippen LogP contribution in [-0.2, 0) is 16.1 Å². The van der Waals surface area contributed by atoms with Gasteiger partial charge in [0.15, 0.2) is 0 Å². The highest BCUT2D eigenvalue weighted by atomic mass is 16.5. The van der Waals surface area contributed by atoms with Crippen LogP contribution in [0.15, 0.2) is 67.0 Å². The highest BCUT2D eigenvalue weighted by molar-refractivity contribution is 5.90. The summed E-state index contributed by atoms with van der Waals surface area (Å²) < 4.78 is 7.13. The van der Waals surface area contributed by atoms with Gasteiger partial charge in [-0.2, -0.15) is 5.10 Å². The average Bonchev–Trinajstić information content (AvgIpc) is 3.26. The van der Waals surface area contributed by atoms with Crippen LogP contribution in [0.2, 0.25) is 0 Å². The molecule has 0 bridgehead atoms. The number of hydrogen-bond donors (Lipinski definition) is 1. The zero-order chi connectivity index (χ0) is 23.0. The van der Waals surface area contributed by atoms with Crippen LogP contribution in [0.5, 0.6) is 5.75 Å². The van der Waals surface area contributed by atoms with Gasteiger partial charge in [-0.15, -0.1) is 0 Å². The highest BCUT2D eigenvalue weighted by Crippen LogP contribution is 2.27. The standard InChI is InChI=1S/C26H30N4O3/c1-20-9-11-21(12-10-20)22-6-5-14-29(17-22)26(32)19-30-18-23(16-27-30)28-25(31)13-15-33-24-7-3-2-4-8-24/h2-4,7-12,16,18,22H,5-6,13-15,17,19H2,1H3,(H,28,31). The first-order valence-electron chi connectivity index (χ1n) is 11.4. The summed E-state index contributed by atoms with van der Waals surface area (Å²) in [5, 5.41) is 7.05. The Morgan fingerprint density at radius 2 is 1.91 bits per heavy atom. The number of carbonyl (C=O) groups is 2. The maximum Gasteiger partial charge on any atom is 0.244 e. The smallest absolute Gasteiger partial charge is 0.244 e. The summed E-state index contributed by atoms with van der Waals surface area (Å²) >= 11 is 0. The van der Waals surface area contributed by atoms with Gasteiger partial charge in [0.1, 0.15) is 12.3 Å². The summed E-state index contributed by atoms with van der Waals surface area (Å²) in [6.07, 6.45) is 5.57. The van der Waals surface area contributed by atoms with E-state index in [9.17, 15) is 9.59 Å². The normalized spacial score (nSPS) is 15.8. The molecule has 7 heteroatoms. The first-order chi connectivity index (χ1) is 16.1. The minimum atomic E-state index is -0.159. The number of aryl methyl sites for hydroxylation is 1. The van der Waals surface area contributed by atoms with Crippen LogP contribution in [0.4, 0.5) is 5.69 Å². The number of amides is 2. The molecule has 4 rings (SSSR count). The van der Waals surface area contributed by atoms with Crippen molar-refractivity contribution in [2.24, 2.45) is 0 Å². The number of para-hydroxylation sites is 1. The van der Waals surface area contributed by atoms with Gasteiger partial charge in [0.2, 0.25) is 11.8 Å². The third-order valence-electron chi connectivity index (χ3n) is 5.88. The summed E-state index contributed by atoms with van der Waals surface area (Å²) in [4.78, 5) is 27.0. The monoisotopic (exact) mass is 446 g/mol. The van der Waals surface area contributed by atoms with E-state index >= 15 is 0 Å². The topological polar surface area (TPSA) is 76.5 Å². The average molecular weight is 447 g/mol. The minimum Gasteiger partial charge on any atom is -0.493 e. The van der Waals surface area contributed by atoms with Gasteiger partial charge in [-0.25, -0.2) is 0 Å². The zero-order valence-electron chi connectivity index (χ0n) is 18.9. The summed E-state index contributed by atoms with van der Waals surface area (Å²) in [6.45, 7) is 4.04. The maximum atomic E-state index is 12.9. The third-order valence-corrected chi connectivity index (χ3v) is 5.88. The maximum absolute atomic E-state index is 12.9. The molecule has 0 spiro atoms. The molecule has 2 aromatic carbocycles. The molecule has 1 saturated heterocycles. The Kier molecular flexibility index (Phi) is 7.40. The van der Waals surface area contributed by atoms with Gasteiger partial charge in [0, 0.05) is 25.2 Å². The number of anilines is 1. The van der Waals surface area contributed by atoms with E-state index in [1.54, 1.807) is 17.1 Å². The number of hydrogen-bond acceptors (Lipinski definition) is 4. The van der Waals surface area contributed by atoms with Gasteiger partial charge in [-0.05, 0) is 37.5 Å². The highest BCUT2D eigenvalue weighted by Gasteiger charge is 2.25. The van der Waals surface area contributed by atoms with Crippen LogP contribution >= 0.6 is 0 Å². The lowest BCUT2D eigenvalue weighted by Crippen LogP contribution is -2.40. The van der Waals surface area contributed by atoms with Crippen molar-refractivity contribution in [1.29, 1.82) is 0 Å². The molecule has 172 valence electrons. The fourth-order valence-electron chi connectivity index (χ4n) is 4.07. The van der Waals surface area contributed by atoms with Gasteiger partial charge in [0.05, 0.1) is 24.9 Å². The van der Waals surface area contributed by atoms with Crippen LogP contribution in [0.1, 0.15) is 36.3 Å². The molecule has 0 radical (unpaired) electrons. The fourth-order valence-corrected chi connectivity index (χ4v) is 4.07. The predicted molar refractivity (Wildman–Crippen MR) is 127 cm³/mol. The van der Waals surface area contributed by atoms with Crippen LogP contribution in [-0.4, -0.2) is 46.2 Å². The second-order valence-electron chi connectivity index (χ2n) is 8.48. The van der Waals surface area contributed by atoms with Crippen LogP contribution < -0.4 is 10.1 Å². The summed E-state index contributed by atoms with van der Waals surface area (Å²) in [7, 11) is 0. The SMILES string of the molecule is Cc1ccc(C2CCCN(C(=O)Cn3cc(NC(=O)CCOc4ccccc4)cn3)C2)cc1. The Balaban J connectivity index is 1.24. The van der Waals surface area contributed by atoms with E-state index in [-0.39, 0.29) is 24.8 Å². The number of nitrogens with zero attached hydrogens (tertiary/aromatic N) is 3. The second-order valence-corrected chi connectivity index (χ2v) is 8.48. The molecule has 3 aromatic rings. The lowest BCUT2D eigenvalue weighted by atomic mass is 9.90. The number of carbonyl (C=O) groups excluding carboxylic acids is 2. The van der Waals surface area contributed by atoms with Gasteiger partial charge in [-0.1, -0.05) is 48.0 Å². The van der Waals surface area contributed by atoms with Crippen LogP contribution in [0.3, 0.4) is 0 Å². The lowest BCUT2D eigenvalue weighted by molar-refractivity contribution is -0.133. The van der Waals surface area contributed by atoms with E-state index in [1.807, 2.05) is 35.2 Å². The Hall–Kier alpha value is -3.61. The van der Waals surface area contributed by atoms with E-state index in [0.717, 1.165) is 31.7 Å². The van der Waals surface area contributed by atoms with Gasteiger partial charge in [-0.3, -0.25) is 14.3 Å². The van der Waals surface area contributed by atoms with Crippen molar-refractivity contribution < 1.29 is 14.3 Å². The molecule has 0 aliphatic carbocycles. The molecule has 1 aromatic heterocycles. The molecule has 33 heavy (non-hydrogen) atoms. The van der Waals surface area contributed by atoms with E-state index in [2.05, 4.69) is 41.6 Å². The summed E-state index contributed by atoms with van der Waals surface area (Å²) in [5.41, 5.74) is 3.11. The molecule has 1 unspecified atom stereocenters. The number of rotatable bonds is 8. The third kappa shape index (κ3) is 6.44. The number of nitrogens with one attached hydrogen (secondary N) is 1. The molecule has 1 fully saturated rings. The molecular formula is C26H30N4O3. The molecule has 1 aliphatic heterocycles. The summed E-state index contributed by atoms with van der Waals surface area (Å²) in [5.74, 6) is 0.991. The van der Waals surface area contributed by atoms with Crippen molar-refractivity contribution in [3.63, 3.8) is 0 Å². The molecule has 2 heterocycles. The van der Waals surface area contributed by atoms with Crippen LogP contribution in [0.25, 0.3) is 0 Å². The van der Waals surface area contributed by atoms with Gasteiger partial charge >= 0.3 is 0 Å². The number of likely N-dealkylation sites (tertiary alicyclic amines) is 1. The zero-order valence-corrected chi connectivity index (χ0v) is 18.9. The number of ether oxygens (including phenoxy) is 1. The van der Waals surface area contributed by atoms with Crippen molar-refractivity contribution in [1.82, 2.24) is 14.7 Å². The number of benzene rings is 2. The Morgan fingerprint density at radius 1 is 1.12 bits per heavy atom. The first-order valence-corrected chi connectivity index (χ1v) is 11.4. The van der Waals surface area contributed by atoms with E-state index in [1.165, 1.54) is 11.1 Å². The molecule has 7 nitrogen and oxygen atoms in total. The van der Waals surface area contributed by atoms with E-state index in [4.69, 9.17) is 4.74 Å². The second kappa shape index (κ2) is 10.8. The lowest BCUT2D eigenvalue weighted by Gasteiger charge is -2.33. The van der Waals surface area contributed by atoms with Crippen LogP contribution in [0, 0.1) is 6.92 Å². The fraction of sp³-hybridized carbons (Fsp3) is 0.346. The van der Waals surface area contributed by atoms with Crippen molar-refractivity contribution in [2.45, 2.75) is 38.6 Å². The quantitative estimate of drug-likeness (QED) is 0.567. The van der Waals surface area contributed by atoms with E-state index in [0.29, 0.717) is 18.2 Å². The number of aromatic nitrogens is 2. The minimum absolute atomic E-state index is 0.0454. The van der Waals surface area contributed by atoms with Gasteiger partial charge < -0.3 is 15.0 Å². The largest absolute Gasteiger partial charge is 0.493 e. The molecule has 1 atom stereocenters. The Morgan fingerprint density at radius 3 is 2.70 bits per heavy atom. The van der Waals surface area contributed by atoms with Crippen molar-refractivity contribution >= 4 is 17.5 Å². The van der Waals surface area contributed by atoms with Gasteiger partial charge in [0.25, 0.3) is 0 Å². The molecule has 1 aliphatic rings. The Bertz CT molecular complexity index is 1060. The summed E-state index contributed by atoms with van der Waals surface area (Å²) in [6, 6.07) is 18.0. The van der Waals surface area contributed by atoms with E-state index < -0.39 is 0 Å². The van der Waals surface area contributed by atoms with Crippen molar-refractivity contribution in [3.8, 4) is 5.75 Å². The van der Waals surface area contributed by atoms with Crippen molar-refractivity contribution in [2.75, 3.05) is 25.0 Å². The first kappa shape index (κ1) is 22.6. The molecule has 0 saturated carbocycles. The van der Waals surface area contributed by atoms with Crippen molar-refractivity contribution in [3.05, 3.63) is 78.1 Å². The molecular weight excluding hydrogens is 416 g/mol. The Labute approximate surface area is 194 Å². The number of piperidine rings is 1. The predicted octanol–water partition coefficient (Wildman–Crippen LogP) is 4.01.